The van der Waals surface area contributed by atoms with E-state index in [9.17, 15) is 20.1 Å². The highest BCUT2D eigenvalue weighted by atomic mass is 32.2. The van der Waals surface area contributed by atoms with Crippen LogP contribution in [0.2, 0.25) is 0 Å². The normalized spacial score (nSPS) is 18.0. The van der Waals surface area contributed by atoms with Gasteiger partial charge in [-0.15, -0.1) is 0 Å². The lowest BCUT2D eigenvalue weighted by molar-refractivity contribution is -0.121. The number of nitrogens with two attached hydrogens (primary N) is 1. The lowest BCUT2D eigenvalue weighted by Crippen LogP contribution is -2.31. The molecule has 30 heavy (non-hydrogen) atoms. The van der Waals surface area contributed by atoms with Crippen molar-refractivity contribution in [1.82, 2.24) is 4.98 Å². The topological polar surface area (TPSA) is 148 Å². The molecule has 1 saturated carbocycles. The summed E-state index contributed by atoms with van der Waals surface area (Å²) in [5.41, 5.74) is 7.83. The molecular formula is C21H14N6O2S. The molecule has 2 aromatic rings. The maximum absolute atomic E-state index is 12.9. The summed E-state index contributed by atoms with van der Waals surface area (Å²) >= 11 is 1.03. The van der Waals surface area contributed by atoms with E-state index in [4.69, 9.17) is 11.0 Å². The fourth-order valence-electron chi connectivity index (χ4n) is 3.48. The van der Waals surface area contributed by atoms with Crippen LogP contribution < -0.4 is 10.6 Å². The van der Waals surface area contributed by atoms with Gasteiger partial charge in [-0.2, -0.15) is 15.8 Å². The summed E-state index contributed by atoms with van der Waals surface area (Å²) in [5, 5.41) is 27.6. The van der Waals surface area contributed by atoms with Crippen molar-refractivity contribution in [3.63, 3.8) is 0 Å². The molecule has 0 bridgehead atoms. The molecule has 0 unspecified atom stereocenters. The Morgan fingerprint density at radius 3 is 2.27 bits per heavy atom. The van der Waals surface area contributed by atoms with E-state index >= 15 is 0 Å². The number of amides is 2. The Balaban J connectivity index is 1.66. The van der Waals surface area contributed by atoms with Crippen molar-refractivity contribution < 1.29 is 9.59 Å². The zero-order valence-electron chi connectivity index (χ0n) is 15.6. The van der Waals surface area contributed by atoms with Crippen molar-refractivity contribution in [3.05, 3.63) is 46.5 Å². The summed E-state index contributed by atoms with van der Waals surface area (Å²) in [6, 6.07) is 12.3. The number of hydrogen-bond acceptors (Lipinski definition) is 8. The van der Waals surface area contributed by atoms with Crippen molar-refractivity contribution >= 4 is 35.1 Å². The van der Waals surface area contributed by atoms with E-state index in [1.54, 1.807) is 12.1 Å². The molecule has 9 heteroatoms. The lowest BCUT2D eigenvalue weighted by Gasteiger charge is -2.16. The van der Waals surface area contributed by atoms with Crippen LogP contribution in [0.3, 0.4) is 0 Å². The Kier molecular flexibility index (Phi) is 4.87. The van der Waals surface area contributed by atoms with E-state index in [0.29, 0.717) is 16.8 Å². The first kappa shape index (κ1) is 19.4. The predicted molar refractivity (Wildman–Crippen MR) is 108 cm³/mol. The minimum absolute atomic E-state index is 0.0293. The number of carbonyl (C=O) groups is 2. The molecule has 1 aliphatic carbocycles. The van der Waals surface area contributed by atoms with Gasteiger partial charge in [-0.1, -0.05) is 11.8 Å². The van der Waals surface area contributed by atoms with Gasteiger partial charge in [0.1, 0.15) is 23.0 Å². The number of thioether (sulfide) groups is 1. The molecule has 146 valence electrons. The molecule has 1 atom stereocenters. The highest BCUT2D eigenvalue weighted by molar-refractivity contribution is 8.00. The van der Waals surface area contributed by atoms with Crippen LogP contribution in [0.5, 0.6) is 0 Å². The third-order valence-electron chi connectivity index (χ3n) is 5.05. The number of nitriles is 3. The number of rotatable bonds is 4. The molecule has 4 rings (SSSR count). The van der Waals surface area contributed by atoms with Gasteiger partial charge < -0.3 is 5.73 Å². The fourth-order valence-corrected chi connectivity index (χ4v) is 4.60. The van der Waals surface area contributed by atoms with Crippen molar-refractivity contribution in [2.75, 3.05) is 10.6 Å². The molecule has 0 radical (unpaired) electrons. The number of aromatic nitrogens is 1. The van der Waals surface area contributed by atoms with E-state index in [1.807, 2.05) is 12.1 Å². The summed E-state index contributed by atoms with van der Waals surface area (Å²) in [5.74, 6) is -0.669. The Labute approximate surface area is 176 Å². The maximum atomic E-state index is 12.9. The number of benzene rings is 1. The molecule has 8 nitrogen and oxygen atoms in total. The predicted octanol–water partition coefficient (Wildman–Crippen LogP) is 2.58. The van der Waals surface area contributed by atoms with Crippen LogP contribution in [0.4, 0.5) is 11.5 Å². The third-order valence-corrected chi connectivity index (χ3v) is 6.23. The standard InChI is InChI=1S/C21H14N6O2S/c22-8-11-1-5-13(6-2-11)27-17(28)7-16(21(27)29)30-20-15(10-24)18(12-3-4-12)14(9-23)19(25)26-20/h1-2,5-6,12,16H,3-4,7H2,(H2,25,26)/t16-/m1/s1. The zero-order valence-corrected chi connectivity index (χ0v) is 16.4. The number of pyridine rings is 1. The van der Waals surface area contributed by atoms with Gasteiger partial charge in [0, 0.05) is 6.42 Å². The quantitative estimate of drug-likeness (QED) is 0.751. The van der Waals surface area contributed by atoms with Crippen LogP contribution >= 0.6 is 11.8 Å². The van der Waals surface area contributed by atoms with E-state index in [1.165, 1.54) is 12.1 Å². The lowest BCUT2D eigenvalue weighted by atomic mass is 10.0. The second-order valence-electron chi connectivity index (χ2n) is 7.00. The van der Waals surface area contributed by atoms with E-state index in [-0.39, 0.29) is 40.2 Å². The highest BCUT2D eigenvalue weighted by Gasteiger charge is 2.41. The molecule has 2 amide bonds. The van der Waals surface area contributed by atoms with Crippen LogP contribution in [0.15, 0.2) is 29.3 Å². The maximum Gasteiger partial charge on any atom is 0.247 e. The Bertz CT molecular complexity index is 1200. The van der Waals surface area contributed by atoms with E-state index in [0.717, 1.165) is 29.5 Å². The first-order valence-corrected chi connectivity index (χ1v) is 10.0. The molecule has 2 N–H and O–H groups in total. The zero-order chi connectivity index (χ0) is 21.4. The first-order valence-electron chi connectivity index (χ1n) is 9.15. The van der Waals surface area contributed by atoms with E-state index < -0.39 is 11.2 Å². The molecule has 1 aliphatic heterocycles. The van der Waals surface area contributed by atoms with Gasteiger partial charge in [-0.05, 0) is 48.6 Å². The van der Waals surface area contributed by atoms with Crippen molar-refractivity contribution in [2.45, 2.75) is 35.5 Å². The van der Waals surface area contributed by atoms with Crippen LogP contribution in [-0.2, 0) is 9.59 Å². The summed E-state index contributed by atoms with van der Waals surface area (Å²) < 4.78 is 0. The van der Waals surface area contributed by atoms with Gasteiger partial charge in [-0.3, -0.25) is 9.59 Å². The minimum Gasteiger partial charge on any atom is -0.383 e. The second-order valence-corrected chi connectivity index (χ2v) is 8.19. The van der Waals surface area contributed by atoms with Crippen LogP contribution in [-0.4, -0.2) is 22.0 Å². The average molecular weight is 414 g/mol. The Morgan fingerprint density at radius 2 is 1.70 bits per heavy atom. The molecule has 1 aromatic heterocycles. The first-order chi connectivity index (χ1) is 14.5. The van der Waals surface area contributed by atoms with Crippen molar-refractivity contribution in [1.29, 1.82) is 15.8 Å². The molecule has 2 aliphatic rings. The van der Waals surface area contributed by atoms with Gasteiger partial charge in [0.25, 0.3) is 0 Å². The smallest absolute Gasteiger partial charge is 0.247 e. The van der Waals surface area contributed by atoms with Gasteiger partial charge in [0.05, 0.1) is 33.7 Å². The van der Waals surface area contributed by atoms with Gasteiger partial charge in [0.2, 0.25) is 11.8 Å². The van der Waals surface area contributed by atoms with Crippen LogP contribution in [0, 0.1) is 34.0 Å². The minimum atomic E-state index is -0.757. The molecule has 2 fully saturated rings. The van der Waals surface area contributed by atoms with Crippen LogP contribution in [0.1, 0.15) is 47.4 Å². The second kappa shape index (κ2) is 7.51. The highest BCUT2D eigenvalue weighted by Crippen LogP contribution is 2.46. The summed E-state index contributed by atoms with van der Waals surface area (Å²) in [7, 11) is 0. The Hall–Kier alpha value is -3.87. The molecule has 2 heterocycles. The Morgan fingerprint density at radius 1 is 1.03 bits per heavy atom. The molecular weight excluding hydrogens is 400 g/mol. The average Bonchev–Trinajstić information content (AvgIpc) is 3.54. The number of nitrogens with zero attached hydrogens (tertiary/aromatic N) is 5. The number of imide groups is 1. The fraction of sp³-hybridized carbons (Fsp3) is 0.238. The molecule has 0 spiro atoms. The SMILES string of the molecule is N#Cc1ccc(N2C(=O)C[C@@H](Sc3nc(N)c(C#N)c(C4CC4)c3C#N)C2=O)cc1. The number of nitrogen functional groups attached to an aromatic ring is 1. The van der Waals surface area contributed by atoms with Crippen molar-refractivity contribution in [2.24, 2.45) is 0 Å². The van der Waals surface area contributed by atoms with Gasteiger partial charge in [0.15, 0.2) is 0 Å². The summed E-state index contributed by atoms with van der Waals surface area (Å²) in [6.45, 7) is 0. The number of anilines is 2. The van der Waals surface area contributed by atoms with Crippen LogP contribution in [0.25, 0.3) is 0 Å². The monoisotopic (exact) mass is 414 g/mol. The molecule has 1 aromatic carbocycles. The summed E-state index contributed by atoms with van der Waals surface area (Å²) in [4.78, 5) is 30.7. The molecule has 1 saturated heterocycles. The number of carbonyl (C=O) groups excluding carboxylic acids is 2. The van der Waals surface area contributed by atoms with Crippen molar-refractivity contribution in [3.8, 4) is 18.2 Å². The third kappa shape index (κ3) is 3.24. The summed E-state index contributed by atoms with van der Waals surface area (Å²) in [6.07, 6.45) is 1.68. The largest absolute Gasteiger partial charge is 0.383 e. The van der Waals surface area contributed by atoms with Gasteiger partial charge in [-0.25, -0.2) is 9.88 Å². The number of hydrogen-bond donors (Lipinski definition) is 1. The van der Waals surface area contributed by atoms with Gasteiger partial charge >= 0.3 is 0 Å². The van der Waals surface area contributed by atoms with E-state index in [2.05, 4.69) is 11.1 Å².